The molecule has 0 unspecified atom stereocenters. The Hall–Kier alpha value is -0.940. The molecule has 5 heteroatoms. The second-order valence-electron chi connectivity index (χ2n) is 5.11. The Bertz CT molecular complexity index is 329. The smallest absolute Gasteiger partial charge is 0.0967 e. The largest absolute Gasteiger partial charge is 0.329 e. The van der Waals surface area contributed by atoms with Crippen molar-refractivity contribution >= 4 is 0 Å². The van der Waals surface area contributed by atoms with Crippen molar-refractivity contribution in [2.24, 2.45) is 11.7 Å². The average Bonchev–Trinajstić information content (AvgIpc) is 2.91. The second-order valence-corrected chi connectivity index (χ2v) is 5.11. The molecule has 1 heterocycles. The van der Waals surface area contributed by atoms with Gasteiger partial charge in [-0.1, -0.05) is 18.1 Å². The van der Waals surface area contributed by atoms with Crippen LogP contribution in [-0.2, 0) is 13.1 Å². The Morgan fingerprint density at radius 3 is 2.94 bits per heavy atom. The predicted molar refractivity (Wildman–Crippen MR) is 67.4 cm³/mol. The van der Waals surface area contributed by atoms with Crippen LogP contribution in [0.2, 0.25) is 0 Å². The molecule has 0 aromatic carbocycles. The molecule has 5 nitrogen and oxygen atoms in total. The third kappa shape index (κ3) is 3.78. The van der Waals surface area contributed by atoms with Crippen LogP contribution in [0.5, 0.6) is 0 Å². The van der Waals surface area contributed by atoms with Gasteiger partial charge in [0, 0.05) is 25.8 Å². The zero-order valence-electron chi connectivity index (χ0n) is 10.7. The lowest BCUT2D eigenvalue weighted by molar-refractivity contribution is 0.268. The Kier molecular flexibility index (Phi) is 4.50. The fourth-order valence-electron chi connectivity index (χ4n) is 2.63. The quantitative estimate of drug-likeness (QED) is 0.797. The number of hydrogen-bond donors (Lipinski definition) is 1. The van der Waals surface area contributed by atoms with Gasteiger partial charge >= 0.3 is 0 Å². The van der Waals surface area contributed by atoms with Crippen LogP contribution >= 0.6 is 0 Å². The predicted octanol–water partition coefficient (Wildman–Crippen LogP) is 0.859. The van der Waals surface area contributed by atoms with E-state index in [0.29, 0.717) is 6.54 Å². The first-order valence-corrected chi connectivity index (χ1v) is 6.55. The summed E-state index contributed by atoms with van der Waals surface area (Å²) < 4.78 is 1.82. The van der Waals surface area contributed by atoms with Gasteiger partial charge in [-0.3, -0.25) is 4.68 Å². The van der Waals surface area contributed by atoms with Crippen molar-refractivity contribution in [2.45, 2.75) is 38.8 Å². The fraction of sp³-hybridized carbons (Fsp3) is 0.833. The van der Waals surface area contributed by atoms with Gasteiger partial charge in [0.1, 0.15) is 0 Å². The minimum Gasteiger partial charge on any atom is -0.329 e. The third-order valence-electron chi connectivity index (χ3n) is 3.42. The summed E-state index contributed by atoms with van der Waals surface area (Å²) in [4.78, 5) is 2.35. The second kappa shape index (κ2) is 6.12. The van der Waals surface area contributed by atoms with Gasteiger partial charge < -0.3 is 10.6 Å². The van der Waals surface area contributed by atoms with Crippen molar-refractivity contribution in [1.29, 1.82) is 0 Å². The van der Waals surface area contributed by atoms with Crippen molar-refractivity contribution in [3.05, 3.63) is 11.9 Å². The molecule has 2 N–H and O–H groups in total. The summed E-state index contributed by atoms with van der Waals surface area (Å²) in [5.74, 6) is 0.888. The van der Waals surface area contributed by atoms with E-state index in [4.69, 9.17) is 5.73 Å². The maximum atomic E-state index is 5.48. The first-order chi connectivity index (χ1) is 8.28. The first-order valence-electron chi connectivity index (χ1n) is 6.55. The van der Waals surface area contributed by atoms with Crippen molar-refractivity contribution < 1.29 is 0 Å². The van der Waals surface area contributed by atoms with E-state index in [2.05, 4.69) is 22.3 Å². The molecule has 1 aromatic rings. The van der Waals surface area contributed by atoms with E-state index in [1.807, 2.05) is 10.9 Å². The van der Waals surface area contributed by atoms with E-state index >= 15 is 0 Å². The minimum atomic E-state index is 0.612. The van der Waals surface area contributed by atoms with Crippen LogP contribution in [0, 0.1) is 5.92 Å². The fourth-order valence-corrected chi connectivity index (χ4v) is 2.63. The molecule has 17 heavy (non-hydrogen) atoms. The van der Waals surface area contributed by atoms with E-state index < -0.39 is 0 Å². The highest BCUT2D eigenvalue weighted by Gasteiger charge is 2.17. The van der Waals surface area contributed by atoms with Crippen LogP contribution in [0.3, 0.4) is 0 Å². The lowest BCUT2D eigenvalue weighted by atomic mass is 10.1. The molecule has 1 aromatic heterocycles. The number of nitrogens with two attached hydrogens (primary N) is 1. The van der Waals surface area contributed by atoms with E-state index in [-0.39, 0.29) is 0 Å². The first kappa shape index (κ1) is 12.5. The summed E-state index contributed by atoms with van der Waals surface area (Å²) in [6.07, 6.45) is 7.60. The Balaban J connectivity index is 1.78. The molecular formula is C12H23N5. The van der Waals surface area contributed by atoms with Crippen LogP contribution < -0.4 is 5.73 Å². The highest BCUT2D eigenvalue weighted by atomic mass is 15.4. The van der Waals surface area contributed by atoms with Gasteiger partial charge in [0.2, 0.25) is 0 Å². The Morgan fingerprint density at radius 1 is 1.47 bits per heavy atom. The van der Waals surface area contributed by atoms with E-state index in [1.165, 1.54) is 32.2 Å². The molecule has 0 radical (unpaired) electrons. The molecule has 1 aliphatic rings. The van der Waals surface area contributed by atoms with Crippen LogP contribution in [0.15, 0.2) is 6.20 Å². The summed E-state index contributed by atoms with van der Waals surface area (Å²) in [5, 5.41) is 8.22. The maximum Gasteiger partial charge on any atom is 0.0967 e. The van der Waals surface area contributed by atoms with E-state index in [9.17, 15) is 0 Å². The van der Waals surface area contributed by atoms with Gasteiger partial charge in [-0.2, -0.15) is 0 Å². The third-order valence-corrected chi connectivity index (χ3v) is 3.42. The van der Waals surface area contributed by atoms with Gasteiger partial charge in [0.25, 0.3) is 0 Å². The molecule has 96 valence electrons. The van der Waals surface area contributed by atoms with Gasteiger partial charge in [-0.25, -0.2) is 0 Å². The maximum absolute atomic E-state index is 5.48. The molecule has 0 saturated heterocycles. The van der Waals surface area contributed by atoms with Gasteiger partial charge in [-0.15, -0.1) is 5.10 Å². The summed E-state index contributed by atoms with van der Waals surface area (Å²) in [6.45, 7) is 3.44. The number of rotatable bonds is 6. The summed E-state index contributed by atoms with van der Waals surface area (Å²) in [5.41, 5.74) is 6.52. The summed E-state index contributed by atoms with van der Waals surface area (Å²) >= 11 is 0. The van der Waals surface area contributed by atoms with Crippen LogP contribution in [0.25, 0.3) is 0 Å². The molecule has 1 aliphatic carbocycles. The highest BCUT2D eigenvalue weighted by Crippen LogP contribution is 2.25. The van der Waals surface area contributed by atoms with Gasteiger partial charge in [-0.05, 0) is 25.8 Å². The molecule has 1 fully saturated rings. The molecular weight excluding hydrogens is 214 g/mol. The Morgan fingerprint density at radius 2 is 2.24 bits per heavy atom. The monoisotopic (exact) mass is 237 g/mol. The van der Waals surface area contributed by atoms with E-state index in [1.54, 1.807) is 0 Å². The zero-order chi connectivity index (χ0) is 12.1. The molecule has 0 aliphatic heterocycles. The van der Waals surface area contributed by atoms with Crippen LogP contribution in [0.4, 0.5) is 0 Å². The van der Waals surface area contributed by atoms with Gasteiger partial charge in [0.05, 0.1) is 12.2 Å². The standard InChI is InChI=1S/C12H23N5/c1-16(8-11-4-2-3-5-11)9-12-10-17(7-6-13)15-14-12/h10-11H,2-9,13H2,1H3. The lowest BCUT2D eigenvalue weighted by Crippen LogP contribution is -2.24. The van der Waals surface area contributed by atoms with Crippen molar-refractivity contribution in [3.8, 4) is 0 Å². The molecule has 2 rings (SSSR count). The summed E-state index contributed by atoms with van der Waals surface area (Å²) in [6, 6.07) is 0. The number of aromatic nitrogens is 3. The molecule has 0 atom stereocenters. The SMILES string of the molecule is CN(Cc1cn(CCN)nn1)CC1CCCC1. The molecule has 1 saturated carbocycles. The minimum absolute atomic E-state index is 0.612. The van der Waals surface area contributed by atoms with Crippen molar-refractivity contribution in [3.63, 3.8) is 0 Å². The van der Waals surface area contributed by atoms with Crippen LogP contribution in [0.1, 0.15) is 31.4 Å². The van der Waals surface area contributed by atoms with Crippen molar-refractivity contribution in [1.82, 2.24) is 19.9 Å². The molecule has 0 bridgehead atoms. The topological polar surface area (TPSA) is 60.0 Å². The normalized spacial score (nSPS) is 17.1. The van der Waals surface area contributed by atoms with Crippen molar-refractivity contribution in [2.75, 3.05) is 20.1 Å². The molecule has 0 spiro atoms. The van der Waals surface area contributed by atoms with Gasteiger partial charge in [0.15, 0.2) is 0 Å². The zero-order valence-corrected chi connectivity index (χ0v) is 10.7. The number of nitrogens with zero attached hydrogens (tertiary/aromatic N) is 4. The average molecular weight is 237 g/mol. The molecule has 0 amide bonds. The van der Waals surface area contributed by atoms with Crippen LogP contribution in [-0.4, -0.2) is 40.0 Å². The number of hydrogen-bond acceptors (Lipinski definition) is 4. The van der Waals surface area contributed by atoms with E-state index in [0.717, 1.165) is 24.7 Å². The highest BCUT2D eigenvalue weighted by molar-refractivity contribution is 4.92. The Labute approximate surface area is 103 Å². The lowest BCUT2D eigenvalue weighted by Gasteiger charge is -2.19. The summed E-state index contributed by atoms with van der Waals surface area (Å²) in [7, 11) is 2.17.